The summed E-state index contributed by atoms with van der Waals surface area (Å²) < 4.78 is 12.0. The van der Waals surface area contributed by atoms with Gasteiger partial charge < -0.3 is 9.47 Å². The summed E-state index contributed by atoms with van der Waals surface area (Å²) in [5.41, 5.74) is 0. The standard InChI is InChI=1S/C25H28O2P/c1-25(2)26-20-21(27-25)18-19-28(22-12-6-3-7-13-22,23-14-8-4-9-15-23)24-16-10-5-11-17-24/h3-17,21H,18-20H2,1-2H3/q+1/t21-/m1/s1. The lowest BCUT2D eigenvalue weighted by Crippen LogP contribution is -2.34. The normalized spacial score (nSPS) is 18.9. The molecule has 28 heavy (non-hydrogen) atoms. The molecule has 3 aromatic carbocycles. The van der Waals surface area contributed by atoms with Crippen LogP contribution in [-0.2, 0) is 9.47 Å². The second kappa shape index (κ2) is 8.17. The summed E-state index contributed by atoms with van der Waals surface area (Å²) in [6.45, 7) is 4.67. The lowest BCUT2D eigenvalue weighted by atomic mass is 10.3. The van der Waals surface area contributed by atoms with Crippen LogP contribution in [0.15, 0.2) is 91.0 Å². The van der Waals surface area contributed by atoms with E-state index in [9.17, 15) is 0 Å². The van der Waals surface area contributed by atoms with Gasteiger partial charge >= 0.3 is 0 Å². The quantitative estimate of drug-likeness (QED) is 0.575. The highest BCUT2D eigenvalue weighted by Gasteiger charge is 2.46. The smallest absolute Gasteiger partial charge is 0.163 e. The van der Waals surface area contributed by atoms with Crippen molar-refractivity contribution in [1.82, 2.24) is 0 Å². The zero-order valence-corrected chi connectivity index (χ0v) is 17.5. The summed E-state index contributed by atoms with van der Waals surface area (Å²) in [5.74, 6) is -0.474. The number of hydrogen-bond donors (Lipinski definition) is 0. The molecule has 0 saturated carbocycles. The first-order valence-corrected chi connectivity index (χ1v) is 11.9. The van der Waals surface area contributed by atoms with Crippen LogP contribution in [0.1, 0.15) is 20.3 Å². The molecule has 0 spiro atoms. The van der Waals surface area contributed by atoms with Crippen LogP contribution in [-0.4, -0.2) is 24.7 Å². The monoisotopic (exact) mass is 391 g/mol. The average Bonchev–Trinajstić information content (AvgIpc) is 3.10. The molecular weight excluding hydrogens is 363 g/mol. The van der Waals surface area contributed by atoms with Crippen LogP contribution in [0.25, 0.3) is 0 Å². The number of rotatable bonds is 6. The van der Waals surface area contributed by atoms with E-state index in [0.29, 0.717) is 6.61 Å². The molecule has 1 aliphatic heterocycles. The fourth-order valence-corrected chi connectivity index (χ4v) is 8.51. The predicted octanol–water partition coefficient (Wildman–Crippen LogP) is 4.52. The second-order valence-electron chi connectivity index (χ2n) is 7.78. The molecule has 2 nitrogen and oxygen atoms in total. The molecule has 144 valence electrons. The Labute approximate surface area is 168 Å². The zero-order chi connectivity index (χ0) is 19.5. The molecule has 0 unspecified atom stereocenters. The predicted molar refractivity (Wildman–Crippen MR) is 120 cm³/mol. The maximum Gasteiger partial charge on any atom is 0.163 e. The summed E-state index contributed by atoms with van der Waals surface area (Å²) in [6, 6.07) is 33.0. The number of ether oxygens (including phenoxy) is 2. The summed E-state index contributed by atoms with van der Waals surface area (Å²) >= 11 is 0. The summed E-state index contributed by atoms with van der Waals surface area (Å²) in [4.78, 5) is 0. The van der Waals surface area contributed by atoms with Crippen LogP contribution in [0.3, 0.4) is 0 Å². The van der Waals surface area contributed by atoms with Crippen molar-refractivity contribution >= 4 is 23.2 Å². The molecule has 1 fully saturated rings. The van der Waals surface area contributed by atoms with E-state index in [1.165, 1.54) is 15.9 Å². The topological polar surface area (TPSA) is 18.5 Å². The van der Waals surface area contributed by atoms with Crippen molar-refractivity contribution in [3.8, 4) is 0 Å². The molecule has 0 aromatic heterocycles. The Balaban J connectivity index is 1.79. The van der Waals surface area contributed by atoms with Crippen LogP contribution in [0, 0.1) is 0 Å². The number of hydrogen-bond acceptors (Lipinski definition) is 2. The van der Waals surface area contributed by atoms with Gasteiger partial charge in [-0.2, -0.15) is 0 Å². The van der Waals surface area contributed by atoms with E-state index >= 15 is 0 Å². The third-order valence-electron chi connectivity index (χ3n) is 5.44. The van der Waals surface area contributed by atoms with Gasteiger partial charge in [0.2, 0.25) is 0 Å². The molecule has 1 atom stereocenters. The first-order valence-electron chi connectivity index (χ1n) is 9.97. The lowest BCUT2D eigenvalue weighted by molar-refractivity contribution is -0.138. The van der Waals surface area contributed by atoms with Gasteiger partial charge in [-0.25, -0.2) is 0 Å². The highest BCUT2D eigenvalue weighted by atomic mass is 31.2. The zero-order valence-electron chi connectivity index (χ0n) is 16.6. The van der Waals surface area contributed by atoms with Crippen LogP contribution in [0.4, 0.5) is 0 Å². The SMILES string of the molecule is CC1(C)OC[C@@H](CC[P+](c2ccccc2)(c2ccccc2)c2ccccc2)O1. The number of benzene rings is 3. The first-order chi connectivity index (χ1) is 13.6. The Morgan fingerprint density at radius 3 is 1.54 bits per heavy atom. The van der Waals surface area contributed by atoms with Crippen molar-refractivity contribution < 1.29 is 9.47 Å². The Bertz CT molecular complexity index is 782. The highest BCUT2D eigenvalue weighted by Crippen LogP contribution is 2.56. The van der Waals surface area contributed by atoms with Crippen molar-refractivity contribution in [2.45, 2.75) is 32.2 Å². The molecule has 0 amide bonds. The minimum absolute atomic E-state index is 0.144. The van der Waals surface area contributed by atoms with E-state index in [1.807, 2.05) is 13.8 Å². The largest absolute Gasteiger partial charge is 0.348 e. The van der Waals surface area contributed by atoms with Crippen molar-refractivity contribution in [3.63, 3.8) is 0 Å². The minimum Gasteiger partial charge on any atom is -0.348 e. The molecule has 1 heterocycles. The fourth-order valence-electron chi connectivity index (χ4n) is 4.12. The van der Waals surface area contributed by atoms with Crippen LogP contribution in [0.2, 0.25) is 0 Å². The van der Waals surface area contributed by atoms with Gasteiger partial charge in [-0.1, -0.05) is 54.6 Å². The van der Waals surface area contributed by atoms with Gasteiger partial charge in [0, 0.05) is 6.42 Å². The fraction of sp³-hybridized carbons (Fsp3) is 0.280. The van der Waals surface area contributed by atoms with E-state index < -0.39 is 13.0 Å². The van der Waals surface area contributed by atoms with E-state index in [1.54, 1.807) is 0 Å². The van der Waals surface area contributed by atoms with Gasteiger partial charge in [0.25, 0.3) is 0 Å². The molecule has 0 bridgehead atoms. The Morgan fingerprint density at radius 2 is 1.18 bits per heavy atom. The maximum atomic E-state index is 6.15. The minimum atomic E-state index is -1.78. The molecular formula is C25H28O2P+. The average molecular weight is 391 g/mol. The van der Waals surface area contributed by atoms with Crippen LogP contribution < -0.4 is 15.9 Å². The van der Waals surface area contributed by atoms with Crippen LogP contribution >= 0.6 is 7.26 Å². The molecule has 3 heteroatoms. The van der Waals surface area contributed by atoms with E-state index in [2.05, 4.69) is 91.0 Å². The van der Waals surface area contributed by atoms with Gasteiger partial charge in [0.15, 0.2) is 5.79 Å². The molecule has 0 N–H and O–H groups in total. The van der Waals surface area contributed by atoms with E-state index in [4.69, 9.17) is 9.47 Å². The third-order valence-corrected chi connectivity index (χ3v) is 9.91. The molecule has 1 aliphatic rings. The van der Waals surface area contributed by atoms with E-state index in [0.717, 1.165) is 12.6 Å². The molecule has 0 aliphatic carbocycles. The summed E-state index contributed by atoms with van der Waals surface area (Å²) in [5, 5.41) is 4.27. The van der Waals surface area contributed by atoms with Gasteiger partial charge in [0.1, 0.15) is 23.2 Å². The van der Waals surface area contributed by atoms with Gasteiger partial charge in [-0.3, -0.25) is 0 Å². The van der Waals surface area contributed by atoms with Crippen molar-refractivity contribution in [1.29, 1.82) is 0 Å². The molecule has 0 radical (unpaired) electrons. The Morgan fingerprint density at radius 1 is 0.750 bits per heavy atom. The summed E-state index contributed by atoms with van der Waals surface area (Å²) in [7, 11) is -1.78. The van der Waals surface area contributed by atoms with Crippen molar-refractivity contribution in [3.05, 3.63) is 91.0 Å². The molecule has 3 aromatic rings. The van der Waals surface area contributed by atoms with Crippen molar-refractivity contribution in [2.75, 3.05) is 12.8 Å². The van der Waals surface area contributed by atoms with Gasteiger partial charge in [-0.05, 0) is 50.2 Å². The van der Waals surface area contributed by atoms with E-state index in [-0.39, 0.29) is 6.10 Å². The maximum absolute atomic E-state index is 6.15. The Kier molecular flexibility index (Phi) is 5.64. The molecule has 1 saturated heterocycles. The van der Waals surface area contributed by atoms with Gasteiger partial charge in [-0.15, -0.1) is 0 Å². The van der Waals surface area contributed by atoms with Crippen molar-refractivity contribution in [2.24, 2.45) is 0 Å². The summed E-state index contributed by atoms with van der Waals surface area (Å²) in [6.07, 6.45) is 2.19. The van der Waals surface area contributed by atoms with Gasteiger partial charge in [0.05, 0.1) is 18.9 Å². The molecule has 4 rings (SSSR count). The van der Waals surface area contributed by atoms with Crippen LogP contribution in [0.5, 0.6) is 0 Å². The second-order valence-corrected chi connectivity index (χ2v) is 11.4. The highest BCUT2D eigenvalue weighted by molar-refractivity contribution is 7.95. The third kappa shape index (κ3) is 3.91. The Hall–Kier alpha value is -1.99. The lowest BCUT2D eigenvalue weighted by Gasteiger charge is -2.28. The first kappa shape index (κ1) is 19.3.